The van der Waals surface area contributed by atoms with Gasteiger partial charge in [0, 0.05) is 30.4 Å². The van der Waals surface area contributed by atoms with Crippen LogP contribution in [0.3, 0.4) is 0 Å². The lowest BCUT2D eigenvalue weighted by Crippen LogP contribution is -2.33. The van der Waals surface area contributed by atoms with Crippen LogP contribution >= 0.6 is 0 Å². The quantitative estimate of drug-likeness (QED) is 0.828. The number of aryl methyl sites for hydroxylation is 1. The summed E-state index contributed by atoms with van der Waals surface area (Å²) < 4.78 is 2.08. The first kappa shape index (κ1) is 15.3. The van der Waals surface area contributed by atoms with Crippen LogP contribution in [0.15, 0.2) is 6.07 Å². The molecule has 5 heteroatoms. The fraction of sp³-hybridized carbons (Fsp3) is 0.571. The SMILES string of the molecule is CCn1c(C)cc(C(=O)NC(C)CCC(=O)O)c1C. The Hall–Kier alpha value is -1.78. The van der Waals surface area contributed by atoms with Crippen molar-refractivity contribution in [3.05, 3.63) is 23.0 Å². The van der Waals surface area contributed by atoms with Crippen molar-refractivity contribution in [1.29, 1.82) is 0 Å². The van der Waals surface area contributed by atoms with Gasteiger partial charge < -0.3 is 15.0 Å². The van der Waals surface area contributed by atoms with E-state index in [0.29, 0.717) is 12.0 Å². The van der Waals surface area contributed by atoms with Gasteiger partial charge in [0.15, 0.2) is 0 Å². The largest absolute Gasteiger partial charge is 0.481 e. The summed E-state index contributed by atoms with van der Waals surface area (Å²) in [6.07, 6.45) is 0.503. The van der Waals surface area contributed by atoms with Gasteiger partial charge >= 0.3 is 5.97 Å². The van der Waals surface area contributed by atoms with E-state index >= 15 is 0 Å². The van der Waals surface area contributed by atoms with Crippen LogP contribution in [-0.4, -0.2) is 27.6 Å². The van der Waals surface area contributed by atoms with Crippen LogP contribution in [0.4, 0.5) is 0 Å². The number of carboxylic acid groups (broad SMARTS) is 1. The van der Waals surface area contributed by atoms with Crippen molar-refractivity contribution >= 4 is 11.9 Å². The van der Waals surface area contributed by atoms with Crippen LogP contribution in [0, 0.1) is 13.8 Å². The van der Waals surface area contributed by atoms with Crippen LogP contribution in [0.5, 0.6) is 0 Å². The molecule has 0 aromatic carbocycles. The van der Waals surface area contributed by atoms with Gasteiger partial charge in [-0.1, -0.05) is 0 Å². The Bertz CT molecular complexity index is 477. The number of carboxylic acids is 1. The number of nitrogens with zero attached hydrogens (tertiary/aromatic N) is 1. The first-order valence-electron chi connectivity index (χ1n) is 6.56. The van der Waals surface area contributed by atoms with Crippen molar-refractivity contribution in [2.75, 3.05) is 0 Å². The predicted molar refractivity (Wildman–Crippen MR) is 73.4 cm³/mol. The molecule has 0 spiro atoms. The molecule has 106 valence electrons. The third-order valence-electron chi connectivity index (χ3n) is 3.30. The van der Waals surface area contributed by atoms with E-state index in [9.17, 15) is 9.59 Å². The second-order valence-corrected chi connectivity index (χ2v) is 4.84. The summed E-state index contributed by atoms with van der Waals surface area (Å²) in [4.78, 5) is 22.6. The number of hydrogen-bond donors (Lipinski definition) is 2. The van der Waals surface area contributed by atoms with Gasteiger partial charge in [0.25, 0.3) is 5.91 Å². The Kier molecular flexibility index (Phi) is 5.15. The number of hydrogen-bond acceptors (Lipinski definition) is 2. The van der Waals surface area contributed by atoms with E-state index in [1.54, 1.807) is 0 Å². The van der Waals surface area contributed by atoms with E-state index in [-0.39, 0.29) is 18.4 Å². The lowest BCUT2D eigenvalue weighted by Gasteiger charge is -2.13. The van der Waals surface area contributed by atoms with Gasteiger partial charge in [0.2, 0.25) is 0 Å². The second-order valence-electron chi connectivity index (χ2n) is 4.84. The average molecular weight is 266 g/mol. The fourth-order valence-electron chi connectivity index (χ4n) is 2.23. The third-order valence-corrected chi connectivity index (χ3v) is 3.30. The molecule has 0 bridgehead atoms. The normalized spacial score (nSPS) is 12.2. The van der Waals surface area contributed by atoms with E-state index in [1.807, 2.05) is 33.8 Å². The zero-order chi connectivity index (χ0) is 14.6. The van der Waals surface area contributed by atoms with Crippen molar-refractivity contribution in [1.82, 2.24) is 9.88 Å². The minimum absolute atomic E-state index is 0.0649. The molecule has 0 aliphatic heterocycles. The smallest absolute Gasteiger partial charge is 0.303 e. The maximum absolute atomic E-state index is 12.1. The van der Waals surface area contributed by atoms with Gasteiger partial charge in [0.05, 0.1) is 5.56 Å². The summed E-state index contributed by atoms with van der Waals surface area (Å²) in [6.45, 7) is 8.59. The molecule has 2 N–H and O–H groups in total. The first-order valence-corrected chi connectivity index (χ1v) is 6.56. The van der Waals surface area contributed by atoms with E-state index < -0.39 is 5.97 Å². The summed E-state index contributed by atoms with van der Waals surface area (Å²) in [5.41, 5.74) is 2.67. The number of nitrogens with one attached hydrogen (secondary N) is 1. The summed E-state index contributed by atoms with van der Waals surface area (Å²) >= 11 is 0. The zero-order valence-corrected chi connectivity index (χ0v) is 12.0. The molecule has 1 unspecified atom stereocenters. The number of rotatable bonds is 6. The maximum atomic E-state index is 12.1. The van der Waals surface area contributed by atoms with Crippen molar-refractivity contribution in [2.24, 2.45) is 0 Å². The molecule has 1 heterocycles. The van der Waals surface area contributed by atoms with Gasteiger partial charge in [-0.25, -0.2) is 0 Å². The maximum Gasteiger partial charge on any atom is 0.303 e. The van der Waals surface area contributed by atoms with Gasteiger partial charge in [-0.2, -0.15) is 0 Å². The molecule has 1 rings (SSSR count). The highest BCUT2D eigenvalue weighted by Crippen LogP contribution is 2.15. The number of carbonyl (C=O) groups excluding carboxylic acids is 1. The number of aromatic nitrogens is 1. The molecule has 0 fully saturated rings. The predicted octanol–water partition coefficient (Wildman–Crippen LogP) is 2.11. The molecule has 5 nitrogen and oxygen atoms in total. The summed E-state index contributed by atoms with van der Waals surface area (Å²) in [5.74, 6) is -0.976. The van der Waals surface area contributed by atoms with Crippen molar-refractivity contribution in [3.63, 3.8) is 0 Å². The van der Waals surface area contributed by atoms with Gasteiger partial charge in [-0.05, 0) is 40.2 Å². The van der Waals surface area contributed by atoms with E-state index in [1.165, 1.54) is 0 Å². The van der Waals surface area contributed by atoms with E-state index in [4.69, 9.17) is 5.11 Å². The Morgan fingerprint density at radius 3 is 2.53 bits per heavy atom. The highest BCUT2D eigenvalue weighted by molar-refractivity contribution is 5.95. The summed E-state index contributed by atoms with van der Waals surface area (Å²) in [7, 11) is 0. The topological polar surface area (TPSA) is 71.3 Å². The molecule has 0 radical (unpaired) electrons. The third kappa shape index (κ3) is 3.84. The van der Waals surface area contributed by atoms with Crippen molar-refractivity contribution in [3.8, 4) is 0 Å². The highest BCUT2D eigenvalue weighted by atomic mass is 16.4. The monoisotopic (exact) mass is 266 g/mol. The molecule has 1 atom stereocenters. The summed E-state index contributed by atoms with van der Waals surface area (Å²) in [6, 6.07) is 1.73. The average Bonchev–Trinajstić information content (AvgIpc) is 2.61. The molecule has 0 aliphatic rings. The Balaban J connectivity index is 2.71. The lowest BCUT2D eigenvalue weighted by atomic mass is 10.1. The number of aliphatic carboxylic acids is 1. The molecule has 1 aromatic heterocycles. The molecule has 0 saturated carbocycles. The standard InChI is InChI=1S/C14H22N2O3/c1-5-16-10(3)8-12(11(16)4)14(19)15-9(2)6-7-13(17)18/h8-9H,5-7H2,1-4H3,(H,15,19)(H,17,18). The highest BCUT2D eigenvalue weighted by Gasteiger charge is 2.16. The Morgan fingerprint density at radius 1 is 1.42 bits per heavy atom. The van der Waals surface area contributed by atoms with Gasteiger partial charge in [0.1, 0.15) is 0 Å². The molecular weight excluding hydrogens is 244 g/mol. The van der Waals surface area contributed by atoms with Crippen LogP contribution in [0.1, 0.15) is 48.4 Å². The molecule has 19 heavy (non-hydrogen) atoms. The van der Waals surface area contributed by atoms with Crippen molar-refractivity contribution < 1.29 is 14.7 Å². The molecule has 1 amide bonds. The number of amides is 1. The molecule has 0 saturated heterocycles. The van der Waals surface area contributed by atoms with E-state index in [2.05, 4.69) is 9.88 Å². The van der Waals surface area contributed by atoms with Crippen molar-refractivity contribution in [2.45, 2.75) is 53.1 Å². The molecule has 0 aliphatic carbocycles. The lowest BCUT2D eigenvalue weighted by molar-refractivity contribution is -0.137. The second kappa shape index (κ2) is 6.41. The van der Waals surface area contributed by atoms with Crippen LogP contribution in [-0.2, 0) is 11.3 Å². The van der Waals surface area contributed by atoms with E-state index in [0.717, 1.165) is 17.9 Å². The summed E-state index contributed by atoms with van der Waals surface area (Å²) in [5, 5.41) is 11.5. The number of carbonyl (C=O) groups is 2. The minimum Gasteiger partial charge on any atom is -0.481 e. The Morgan fingerprint density at radius 2 is 2.05 bits per heavy atom. The Labute approximate surface area is 113 Å². The van der Waals surface area contributed by atoms with Gasteiger partial charge in [-0.15, -0.1) is 0 Å². The zero-order valence-electron chi connectivity index (χ0n) is 12.0. The molecular formula is C14H22N2O3. The van der Waals surface area contributed by atoms with Crippen LogP contribution in [0.25, 0.3) is 0 Å². The minimum atomic E-state index is -0.842. The van der Waals surface area contributed by atoms with Crippen LogP contribution in [0.2, 0.25) is 0 Å². The van der Waals surface area contributed by atoms with Gasteiger partial charge in [-0.3, -0.25) is 9.59 Å². The molecule has 1 aromatic rings. The fourth-order valence-corrected chi connectivity index (χ4v) is 2.23. The first-order chi connectivity index (χ1) is 8.86. The van der Waals surface area contributed by atoms with Crippen LogP contribution < -0.4 is 5.32 Å².